The van der Waals surface area contributed by atoms with Gasteiger partial charge in [-0.2, -0.15) is 0 Å². The van der Waals surface area contributed by atoms with Gasteiger partial charge in [0, 0.05) is 15.1 Å². The van der Waals surface area contributed by atoms with E-state index in [0.29, 0.717) is 21.0 Å². The third-order valence-electron chi connectivity index (χ3n) is 3.04. The van der Waals surface area contributed by atoms with Crippen molar-refractivity contribution >= 4 is 32.7 Å². The molecule has 1 saturated carbocycles. The minimum Gasteiger partial charge on any atom is -0.478 e. The molecule has 1 aliphatic carbocycles. The summed E-state index contributed by atoms with van der Waals surface area (Å²) in [5.74, 6) is 0.202. The molecule has 1 aromatic carbocycles. The van der Waals surface area contributed by atoms with E-state index < -0.39 is 16.8 Å². The molecule has 5 heteroatoms. The van der Waals surface area contributed by atoms with Crippen LogP contribution in [-0.2, 0) is 10.8 Å². The molecule has 0 bridgehead atoms. The lowest BCUT2D eigenvalue weighted by Gasteiger charge is -2.24. The van der Waals surface area contributed by atoms with E-state index in [4.69, 9.17) is 5.11 Å². The summed E-state index contributed by atoms with van der Waals surface area (Å²) in [6.45, 7) is 0. The summed E-state index contributed by atoms with van der Waals surface area (Å²) in [6, 6.07) is 4.88. The van der Waals surface area contributed by atoms with E-state index in [0.717, 1.165) is 12.8 Å². The van der Waals surface area contributed by atoms with E-state index in [1.54, 1.807) is 12.1 Å². The number of benzene rings is 1. The first-order chi connectivity index (χ1) is 8.08. The van der Waals surface area contributed by atoms with Crippen LogP contribution in [0, 0.1) is 5.92 Å². The summed E-state index contributed by atoms with van der Waals surface area (Å²) in [5.41, 5.74) is 0.171. The van der Waals surface area contributed by atoms with Crippen molar-refractivity contribution in [1.82, 2.24) is 0 Å². The third-order valence-corrected chi connectivity index (χ3v) is 5.29. The molecule has 1 unspecified atom stereocenters. The predicted molar refractivity (Wildman–Crippen MR) is 69.7 cm³/mol. The molecule has 0 aliphatic heterocycles. The lowest BCUT2D eigenvalue weighted by molar-refractivity contribution is 0.0695. The molecule has 92 valence electrons. The Morgan fingerprint density at radius 1 is 1.47 bits per heavy atom. The predicted octanol–water partition coefficient (Wildman–Crippen LogP) is 3.06. The van der Waals surface area contributed by atoms with Crippen LogP contribution in [0.5, 0.6) is 0 Å². The highest BCUT2D eigenvalue weighted by atomic mass is 79.9. The third kappa shape index (κ3) is 2.96. The van der Waals surface area contributed by atoms with E-state index in [-0.39, 0.29) is 5.56 Å². The maximum absolute atomic E-state index is 12.0. The van der Waals surface area contributed by atoms with E-state index in [1.165, 1.54) is 12.5 Å². The van der Waals surface area contributed by atoms with Gasteiger partial charge in [-0.05, 0) is 52.9 Å². The van der Waals surface area contributed by atoms with Gasteiger partial charge in [-0.15, -0.1) is 0 Å². The average molecular weight is 317 g/mol. The maximum Gasteiger partial charge on any atom is 0.336 e. The molecule has 0 heterocycles. The quantitative estimate of drug-likeness (QED) is 0.928. The van der Waals surface area contributed by atoms with Crippen LogP contribution in [0.1, 0.15) is 29.6 Å². The molecular weight excluding hydrogens is 304 g/mol. The summed E-state index contributed by atoms with van der Waals surface area (Å²) in [7, 11) is -1.08. The lowest BCUT2D eigenvalue weighted by atomic mass is 9.87. The fraction of sp³-hybridized carbons (Fsp3) is 0.417. The Morgan fingerprint density at radius 2 is 2.18 bits per heavy atom. The highest BCUT2D eigenvalue weighted by Crippen LogP contribution is 2.29. The minimum absolute atomic E-state index is 0.171. The molecule has 17 heavy (non-hydrogen) atoms. The number of rotatable bonds is 4. The number of aromatic carboxylic acids is 1. The second-order valence-electron chi connectivity index (χ2n) is 4.26. The van der Waals surface area contributed by atoms with Crippen LogP contribution in [0.25, 0.3) is 0 Å². The lowest BCUT2D eigenvalue weighted by Crippen LogP contribution is -2.18. The van der Waals surface area contributed by atoms with Crippen molar-refractivity contribution in [1.29, 1.82) is 0 Å². The van der Waals surface area contributed by atoms with Gasteiger partial charge in [-0.3, -0.25) is 4.21 Å². The fourth-order valence-electron chi connectivity index (χ4n) is 1.78. The van der Waals surface area contributed by atoms with Crippen molar-refractivity contribution in [2.24, 2.45) is 5.92 Å². The molecule has 0 spiro atoms. The fourth-order valence-corrected chi connectivity index (χ4v) is 3.62. The topological polar surface area (TPSA) is 54.4 Å². The van der Waals surface area contributed by atoms with Gasteiger partial charge in [0.2, 0.25) is 0 Å². The molecule has 0 aromatic heterocycles. The Balaban J connectivity index is 2.17. The first-order valence-corrected chi connectivity index (χ1v) is 7.60. The van der Waals surface area contributed by atoms with Crippen LogP contribution < -0.4 is 0 Å². The van der Waals surface area contributed by atoms with E-state index >= 15 is 0 Å². The standard InChI is InChI=1S/C12H13BrO3S/c13-11-5-4-9(6-10(11)12(14)15)17(16)7-8-2-1-3-8/h4-6,8H,1-3,7H2,(H,14,15). The largest absolute Gasteiger partial charge is 0.478 e. The zero-order valence-electron chi connectivity index (χ0n) is 9.19. The normalized spacial score (nSPS) is 17.5. The molecule has 2 rings (SSSR count). The SMILES string of the molecule is O=C(O)c1cc(S(=O)CC2CCC2)ccc1Br. The summed E-state index contributed by atoms with van der Waals surface area (Å²) in [6.07, 6.45) is 3.52. The van der Waals surface area contributed by atoms with E-state index in [1.807, 2.05) is 0 Å². The van der Waals surface area contributed by atoms with E-state index in [2.05, 4.69) is 15.9 Å². The van der Waals surface area contributed by atoms with Crippen molar-refractivity contribution in [3.63, 3.8) is 0 Å². The first-order valence-electron chi connectivity index (χ1n) is 5.49. The molecule has 1 aliphatic rings. The van der Waals surface area contributed by atoms with Crippen LogP contribution in [0.15, 0.2) is 27.6 Å². The molecule has 1 fully saturated rings. The Hall–Kier alpha value is -0.680. The molecule has 0 saturated heterocycles. The van der Waals surface area contributed by atoms with Crippen LogP contribution in [0.2, 0.25) is 0 Å². The van der Waals surface area contributed by atoms with Crippen molar-refractivity contribution < 1.29 is 14.1 Å². The molecule has 1 atom stereocenters. The second-order valence-corrected chi connectivity index (χ2v) is 6.61. The number of carboxylic acids is 1. The van der Waals surface area contributed by atoms with Gasteiger partial charge in [0.15, 0.2) is 0 Å². The van der Waals surface area contributed by atoms with Gasteiger partial charge >= 0.3 is 5.97 Å². The molecule has 1 aromatic rings. The van der Waals surface area contributed by atoms with Crippen LogP contribution in [0.4, 0.5) is 0 Å². The Bertz CT molecular complexity index is 469. The van der Waals surface area contributed by atoms with E-state index in [9.17, 15) is 9.00 Å². The monoisotopic (exact) mass is 316 g/mol. The van der Waals surface area contributed by atoms with Gasteiger partial charge < -0.3 is 5.11 Å². The van der Waals surface area contributed by atoms with Gasteiger partial charge in [-0.1, -0.05) is 6.42 Å². The molecular formula is C12H13BrO3S. The number of halogens is 1. The summed E-state index contributed by atoms with van der Waals surface area (Å²) >= 11 is 3.18. The minimum atomic E-state index is -1.08. The van der Waals surface area contributed by atoms with Crippen molar-refractivity contribution in [3.05, 3.63) is 28.2 Å². The molecule has 0 radical (unpaired) electrons. The first kappa shape index (κ1) is 12.8. The maximum atomic E-state index is 12.0. The van der Waals surface area contributed by atoms with Gasteiger partial charge in [0.1, 0.15) is 0 Å². The number of carboxylic acid groups (broad SMARTS) is 1. The zero-order chi connectivity index (χ0) is 12.4. The second kappa shape index (κ2) is 5.31. The smallest absolute Gasteiger partial charge is 0.336 e. The Labute approximate surface area is 111 Å². The van der Waals surface area contributed by atoms with Crippen LogP contribution in [0.3, 0.4) is 0 Å². The summed E-state index contributed by atoms with van der Waals surface area (Å²) < 4.78 is 12.6. The van der Waals surface area contributed by atoms with Crippen molar-refractivity contribution in [2.75, 3.05) is 5.75 Å². The van der Waals surface area contributed by atoms with Crippen LogP contribution in [-0.4, -0.2) is 21.0 Å². The van der Waals surface area contributed by atoms with Crippen molar-refractivity contribution in [2.45, 2.75) is 24.2 Å². The molecule has 0 amide bonds. The Morgan fingerprint density at radius 3 is 2.71 bits per heavy atom. The molecule has 1 N–H and O–H groups in total. The number of carbonyl (C=O) groups is 1. The highest BCUT2D eigenvalue weighted by molar-refractivity contribution is 9.10. The number of hydrogen-bond donors (Lipinski definition) is 1. The molecule has 3 nitrogen and oxygen atoms in total. The van der Waals surface area contributed by atoms with Gasteiger partial charge in [-0.25, -0.2) is 4.79 Å². The highest BCUT2D eigenvalue weighted by Gasteiger charge is 2.21. The average Bonchev–Trinajstić information content (AvgIpc) is 2.23. The Kier molecular flexibility index (Phi) is 3.99. The summed E-state index contributed by atoms with van der Waals surface area (Å²) in [5, 5.41) is 8.98. The van der Waals surface area contributed by atoms with Crippen LogP contribution >= 0.6 is 15.9 Å². The van der Waals surface area contributed by atoms with Gasteiger partial charge in [0.05, 0.1) is 16.4 Å². The van der Waals surface area contributed by atoms with Crippen molar-refractivity contribution in [3.8, 4) is 0 Å². The zero-order valence-corrected chi connectivity index (χ0v) is 11.6. The summed E-state index contributed by atoms with van der Waals surface area (Å²) in [4.78, 5) is 11.6. The van der Waals surface area contributed by atoms with Gasteiger partial charge in [0.25, 0.3) is 0 Å². The number of hydrogen-bond acceptors (Lipinski definition) is 2.